The minimum absolute atomic E-state index is 0.258. The van der Waals surface area contributed by atoms with E-state index in [2.05, 4.69) is 26.9 Å². The molecule has 0 radical (unpaired) electrons. The average molecular weight is 403 g/mol. The second kappa shape index (κ2) is 8.20. The molecule has 2 aromatic rings. The number of nitrogens with zero attached hydrogens (tertiary/aromatic N) is 2. The summed E-state index contributed by atoms with van der Waals surface area (Å²) in [6.07, 6.45) is 1.06. The largest absolute Gasteiger partial charge is 0.369 e. The van der Waals surface area contributed by atoms with Crippen LogP contribution in [0.2, 0.25) is 0 Å². The SMILES string of the molecule is Cc1cc(NC(=O)c2ccccc2NS(C)(=O)=O)ccc1N1CCN(C)CC1. The van der Waals surface area contributed by atoms with Crippen molar-refractivity contribution in [2.45, 2.75) is 6.92 Å². The summed E-state index contributed by atoms with van der Waals surface area (Å²) in [5.74, 6) is -0.363. The minimum Gasteiger partial charge on any atom is -0.369 e. The van der Waals surface area contributed by atoms with Crippen LogP contribution in [0.5, 0.6) is 0 Å². The maximum atomic E-state index is 12.7. The van der Waals surface area contributed by atoms with Crippen LogP contribution in [0.1, 0.15) is 15.9 Å². The second-order valence-corrected chi connectivity index (χ2v) is 8.91. The Labute approximate surface area is 166 Å². The zero-order chi connectivity index (χ0) is 20.3. The van der Waals surface area contributed by atoms with Crippen molar-refractivity contribution < 1.29 is 13.2 Å². The summed E-state index contributed by atoms with van der Waals surface area (Å²) in [7, 11) is -1.35. The molecule has 2 aromatic carbocycles. The molecule has 0 aromatic heterocycles. The van der Waals surface area contributed by atoms with Crippen LogP contribution in [0.15, 0.2) is 42.5 Å². The summed E-state index contributed by atoms with van der Waals surface area (Å²) in [6, 6.07) is 12.4. The van der Waals surface area contributed by atoms with Crippen LogP contribution < -0.4 is 14.9 Å². The maximum absolute atomic E-state index is 12.7. The zero-order valence-electron chi connectivity index (χ0n) is 16.4. The molecule has 2 N–H and O–H groups in total. The number of carbonyl (C=O) groups excluding carboxylic acids is 1. The first kappa shape index (κ1) is 20.2. The van der Waals surface area contributed by atoms with E-state index in [0.717, 1.165) is 38.0 Å². The van der Waals surface area contributed by atoms with Gasteiger partial charge in [-0.25, -0.2) is 8.42 Å². The molecule has 3 rings (SSSR count). The number of para-hydroxylation sites is 1. The number of benzene rings is 2. The molecule has 28 heavy (non-hydrogen) atoms. The van der Waals surface area contributed by atoms with E-state index in [9.17, 15) is 13.2 Å². The molecule has 0 atom stereocenters. The van der Waals surface area contributed by atoms with Crippen molar-refractivity contribution in [2.75, 3.05) is 54.4 Å². The molecule has 7 nitrogen and oxygen atoms in total. The van der Waals surface area contributed by atoms with Gasteiger partial charge >= 0.3 is 0 Å². The fourth-order valence-corrected chi connectivity index (χ4v) is 3.88. The number of rotatable bonds is 5. The smallest absolute Gasteiger partial charge is 0.257 e. The number of nitrogens with one attached hydrogen (secondary N) is 2. The molecule has 1 amide bonds. The van der Waals surface area contributed by atoms with Gasteiger partial charge < -0.3 is 15.1 Å². The Bertz CT molecular complexity index is 967. The van der Waals surface area contributed by atoms with Crippen LogP contribution in [-0.4, -0.2) is 58.7 Å². The van der Waals surface area contributed by atoms with Crippen molar-refractivity contribution in [1.29, 1.82) is 0 Å². The van der Waals surface area contributed by atoms with Gasteiger partial charge in [0.15, 0.2) is 0 Å². The van der Waals surface area contributed by atoms with Gasteiger partial charge in [-0.15, -0.1) is 0 Å². The molecule has 0 unspecified atom stereocenters. The minimum atomic E-state index is -3.47. The van der Waals surface area contributed by atoms with Crippen molar-refractivity contribution in [3.05, 3.63) is 53.6 Å². The molecule has 0 saturated carbocycles. The van der Waals surface area contributed by atoms with E-state index in [0.29, 0.717) is 5.69 Å². The molecule has 1 fully saturated rings. The van der Waals surface area contributed by atoms with E-state index in [1.165, 1.54) is 5.69 Å². The average Bonchev–Trinajstić information content (AvgIpc) is 2.62. The topological polar surface area (TPSA) is 81.8 Å². The molecule has 1 heterocycles. The summed E-state index contributed by atoms with van der Waals surface area (Å²) >= 11 is 0. The van der Waals surface area contributed by atoms with Crippen molar-refractivity contribution >= 4 is 33.0 Å². The third-order valence-electron chi connectivity index (χ3n) is 4.77. The molecule has 0 bridgehead atoms. The van der Waals surface area contributed by atoms with Crippen LogP contribution in [0.4, 0.5) is 17.1 Å². The highest BCUT2D eigenvalue weighted by Crippen LogP contribution is 2.25. The summed E-state index contributed by atoms with van der Waals surface area (Å²) in [5, 5.41) is 2.86. The van der Waals surface area contributed by atoms with Crippen LogP contribution in [-0.2, 0) is 10.0 Å². The quantitative estimate of drug-likeness (QED) is 0.802. The highest BCUT2D eigenvalue weighted by Gasteiger charge is 2.17. The predicted molar refractivity (Wildman–Crippen MR) is 114 cm³/mol. The fourth-order valence-electron chi connectivity index (χ4n) is 3.30. The second-order valence-electron chi connectivity index (χ2n) is 7.17. The first-order valence-electron chi connectivity index (χ1n) is 9.15. The molecule has 8 heteroatoms. The Morgan fingerprint density at radius 2 is 1.71 bits per heavy atom. The molecular weight excluding hydrogens is 376 g/mol. The third-order valence-corrected chi connectivity index (χ3v) is 5.36. The lowest BCUT2D eigenvalue weighted by molar-refractivity contribution is 0.102. The zero-order valence-corrected chi connectivity index (χ0v) is 17.2. The van der Waals surface area contributed by atoms with E-state index in [-0.39, 0.29) is 17.2 Å². The standard InChI is InChI=1S/C20H26N4O3S/c1-15-14-16(8-9-19(15)24-12-10-23(2)11-13-24)21-20(25)17-6-4-5-7-18(17)22-28(3,26)27/h4-9,14,22H,10-13H2,1-3H3,(H,21,25). The number of carbonyl (C=O) groups is 1. The van der Waals surface area contributed by atoms with Gasteiger partial charge in [0.25, 0.3) is 5.91 Å². The molecule has 1 aliphatic rings. The van der Waals surface area contributed by atoms with Crippen molar-refractivity contribution in [2.24, 2.45) is 0 Å². The summed E-state index contributed by atoms with van der Waals surface area (Å²) < 4.78 is 25.5. The van der Waals surface area contributed by atoms with Gasteiger partial charge in [0.1, 0.15) is 0 Å². The molecule has 1 aliphatic heterocycles. The number of hydrogen-bond donors (Lipinski definition) is 2. The van der Waals surface area contributed by atoms with Gasteiger partial charge in [-0.1, -0.05) is 12.1 Å². The van der Waals surface area contributed by atoms with E-state index in [1.807, 2.05) is 25.1 Å². The summed E-state index contributed by atoms with van der Waals surface area (Å²) in [5.41, 5.74) is 3.46. The molecule has 0 aliphatic carbocycles. The number of amides is 1. The number of aryl methyl sites for hydroxylation is 1. The molecular formula is C20H26N4O3S. The van der Waals surface area contributed by atoms with Gasteiger partial charge in [0, 0.05) is 37.6 Å². The van der Waals surface area contributed by atoms with Crippen LogP contribution >= 0.6 is 0 Å². The van der Waals surface area contributed by atoms with Gasteiger partial charge in [0.05, 0.1) is 17.5 Å². The first-order valence-corrected chi connectivity index (χ1v) is 11.0. The highest BCUT2D eigenvalue weighted by molar-refractivity contribution is 7.92. The van der Waals surface area contributed by atoms with Crippen molar-refractivity contribution in [3.8, 4) is 0 Å². The van der Waals surface area contributed by atoms with Gasteiger partial charge in [-0.05, 0) is 49.9 Å². The Morgan fingerprint density at radius 3 is 2.36 bits per heavy atom. The lowest BCUT2D eigenvalue weighted by Crippen LogP contribution is -2.44. The van der Waals surface area contributed by atoms with E-state index < -0.39 is 10.0 Å². The van der Waals surface area contributed by atoms with Crippen LogP contribution in [0, 0.1) is 6.92 Å². The van der Waals surface area contributed by atoms with E-state index in [4.69, 9.17) is 0 Å². The lowest BCUT2D eigenvalue weighted by Gasteiger charge is -2.35. The van der Waals surface area contributed by atoms with Crippen molar-refractivity contribution in [1.82, 2.24) is 4.90 Å². The summed E-state index contributed by atoms with van der Waals surface area (Å²) in [6.45, 7) is 6.05. The van der Waals surface area contributed by atoms with Gasteiger partial charge in [0.2, 0.25) is 10.0 Å². The number of anilines is 3. The Morgan fingerprint density at radius 1 is 1.04 bits per heavy atom. The fraction of sp³-hybridized carbons (Fsp3) is 0.350. The summed E-state index contributed by atoms with van der Waals surface area (Å²) in [4.78, 5) is 17.4. The number of piperazine rings is 1. The lowest BCUT2D eigenvalue weighted by atomic mass is 10.1. The Hall–Kier alpha value is -2.58. The van der Waals surface area contributed by atoms with Gasteiger partial charge in [-0.3, -0.25) is 9.52 Å². The van der Waals surface area contributed by atoms with Gasteiger partial charge in [-0.2, -0.15) is 0 Å². The third kappa shape index (κ3) is 5.02. The first-order chi connectivity index (χ1) is 13.2. The number of likely N-dealkylation sites (N-methyl/N-ethyl adjacent to an activating group) is 1. The van der Waals surface area contributed by atoms with E-state index >= 15 is 0 Å². The number of sulfonamides is 1. The molecule has 0 spiro atoms. The van der Waals surface area contributed by atoms with Crippen LogP contribution in [0.3, 0.4) is 0 Å². The Kier molecular flexibility index (Phi) is 5.90. The molecule has 150 valence electrons. The monoisotopic (exact) mass is 402 g/mol. The van der Waals surface area contributed by atoms with Crippen LogP contribution in [0.25, 0.3) is 0 Å². The number of hydrogen-bond acceptors (Lipinski definition) is 5. The Balaban J connectivity index is 1.76. The maximum Gasteiger partial charge on any atom is 0.257 e. The normalized spacial score (nSPS) is 15.3. The van der Waals surface area contributed by atoms with E-state index in [1.54, 1.807) is 24.3 Å². The predicted octanol–water partition coefficient (Wildman–Crippen LogP) is 2.37. The van der Waals surface area contributed by atoms with Crippen molar-refractivity contribution in [3.63, 3.8) is 0 Å². The highest BCUT2D eigenvalue weighted by atomic mass is 32.2. The molecule has 1 saturated heterocycles.